The average molecular weight is 172 g/mol. The van der Waals surface area contributed by atoms with E-state index >= 15 is 0 Å². The summed E-state index contributed by atoms with van der Waals surface area (Å²) in [5.74, 6) is 0.607. The standard InChI is InChI=1S/C10H20O2/c1-8(2)10(4,5)6-9(3)12-7-11/h7-9H,6H2,1-5H3. The van der Waals surface area contributed by atoms with E-state index in [1.807, 2.05) is 6.92 Å². The molecule has 0 bridgehead atoms. The van der Waals surface area contributed by atoms with Crippen molar-refractivity contribution in [3.63, 3.8) is 0 Å². The number of rotatable bonds is 5. The molecule has 0 aromatic rings. The summed E-state index contributed by atoms with van der Waals surface area (Å²) in [7, 11) is 0. The number of carbonyl (C=O) groups excluding carboxylic acids is 1. The Kier molecular flexibility index (Phi) is 4.29. The van der Waals surface area contributed by atoms with E-state index in [4.69, 9.17) is 4.74 Å². The van der Waals surface area contributed by atoms with Crippen molar-refractivity contribution in [2.75, 3.05) is 0 Å². The SMILES string of the molecule is CC(CC(C)(C)C(C)C)OC=O. The van der Waals surface area contributed by atoms with Gasteiger partial charge in [0.2, 0.25) is 0 Å². The van der Waals surface area contributed by atoms with Gasteiger partial charge in [0.25, 0.3) is 6.47 Å². The Morgan fingerprint density at radius 3 is 2.17 bits per heavy atom. The third-order valence-electron chi connectivity index (χ3n) is 2.66. The molecule has 0 fully saturated rings. The van der Waals surface area contributed by atoms with Crippen LogP contribution in [0.15, 0.2) is 0 Å². The summed E-state index contributed by atoms with van der Waals surface area (Å²) in [5.41, 5.74) is 0.239. The fourth-order valence-corrected chi connectivity index (χ4v) is 1.12. The van der Waals surface area contributed by atoms with Crippen LogP contribution in [-0.2, 0) is 9.53 Å². The fourth-order valence-electron chi connectivity index (χ4n) is 1.12. The molecule has 0 amide bonds. The lowest BCUT2D eigenvalue weighted by Crippen LogP contribution is -2.25. The van der Waals surface area contributed by atoms with Gasteiger partial charge in [-0.3, -0.25) is 4.79 Å². The molecule has 0 aromatic heterocycles. The molecule has 72 valence electrons. The summed E-state index contributed by atoms with van der Waals surface area (Å²) in [6.45, 7) is 11.2. The van der Waals surface area contributed by atoms with E-state index in [1.54, 1.807) is 0 Å². The van der Waals surface area contributed by atoms with Gasteiger partial charge in [-0.25, -0.2) is 0 Å². The Morgan fingerprint density at radius 1 is 1.33 bits per heavy atom. The Labute approximate surface area is 75.3 Å². The minimum absolute atomic E-state index is 0.0277. The van der Waals surface area contributed by atoms with Gasteiger partial charge in [0, 0.05) is 0 Å². The van der Waals surface area contributed by atoms with Crippen LogP contribution in [0.3, 0.4) is 0 Å². The molecule has 0 aromatic carbocycles. The van der Waals surface area contributed by atoms with Gasteiger partial charge in [0.05, 0.1) is 6.10 Å². The maximum Gasteiger partial charge on any atom is 0.293 e. The van der Waals surface area contributed by atoms with E-state index in [2.05, 4.69) is 27.7 Å². The molecule has 0 N–H and O–H groups in total. The third kappa shape index (κ3) is 3.74. The second kappa shape index (κ2) is 4.48. The number of carbonyl (C=O) groups is 1. The van der Waals surface area contributed by atoms with Gasteiger partial charge in [-0.05, 0) is 24.7 Å². The van der Waals surface area contributed by atoms with E-state index < -0.39 is 0 Å². The quantitative estimate of drug-likeness (QED) is 0.596. The van der Waals surface area contributed by atoms with Crippen LogP contribution in [0.2, 0.25) is 0 Å². The molecule has 0 radical (unpaired) electrons. The van der Waals surface area contributed by atoms with Crippen molar-refractivity contribution in [1.82, 2.24) is 0 Å². The van der Waals surface area contributed by atoms with E-state index in [0.717, 1.165) is 6.42 Å². The van der Waals surface area contributed by atoms with Gasteiger partial charge in [0.1, 0.15) is 0 Å². The summed E-state index contributed by atoms with van der Waals surface area (Å²) in [6.07, 6.45) is 0.948. The number of hydrogen-bond acceptors (Lipinski definition) is 2. The molecule has 1 atom stereocenters. The molecule has 0 heterocycles. The van der Waals surface area contributed by atoms with E-state index in [9.17, 15) is 4.79 Å². The first-order chi connectivity index (χ1) is 5.40. The van der Waals surface area contributed by atoms with Crippen molar-refractivity contribution in [2.24, 2.45) is 11.3 Å². The molecule has 2 nitrogen and oxygen atoms in total. The summed E-state index contributed by atoms with van der Waals surface area (Å²) in [5, 5.41) is 0. The molecule has 0 rings (SSSR count). The molecule has 0 saturated heterocycles. The monoisotopic (exact) mass is 172 g/mol. The molecule has 12 heavy (non-hydrogen) atoms. The first-order valence-corrected chi connectivity index (χ1v) is 4.49. The largest absolute Gasteiger partial charge is 0.465 e. The lowest BCUT2D eigenvalue weighted by Gasteiger charge is -2.31. The number of hydrogen-bond donors (Lipinski definition) is 0. The van der Waals surface area contributed by atoms with E-state index in [1.165, 1.54) is 0 Å². The molecule has 0 aliphatic rings. The van der Waals surface area contributed by atoms with Crippen molar-refractivity contribution in [2.45, 2.75) is 47.1 Å². The summed E-state index contributed by atoms with van der Waals surface area (Å²) in [6, 6.07) is 0. The highest BCUT2D eigenvalue weighted by atomic mass is 16.5. The highest BCUT2D eigenvalue weighted by Gasteiger charge is 2.25. The molecule has 2 heteroatoms. The zero-order valence-corrected chi connectivity index (χ0v) is 8.76. The molecule has 1 unspecified atom stereocenters. The first-order valence-electron chi connectivity index (χ1n) is 4.49. The van der Waals surface area contributed by atoms with Crippen LogP contribution in [0.4, 0.5) is 0 Å². The first kappa shape index (κ1) is 11.5. The van der Waals surface area contributed by atoms with Gasteiger partial charge in [-0.2, -0.15) is 0 Å². The van der Waals surface area contributed by atoms with E-state index in [0.29, 0.717) is 12.4 Å². The summed E-state index contributed by atoms with van der Waals surface area (Å²) in [4.78, 5) is 10.0. The molecule has 0 spiro atoms. The topological polar surface area (TPSA) is 26.3 Å². The number of ether oxygens (including phenoxy) is 1. The normalized spacial score (nSPS) is 14.5. The Morgan fingerprint density at radius 2 is 1.83 bits per heavy atom. The van der Waals surface area contributed by atoms with Crippen LogP contribution in [-0.4, -0.2) is 12.6 Å². The lowest BCUT2D eigenvalue weighted by atomic mass is 9.77. The van der Waals surface area contributed by atoms with E-state index in [-0.39, 0.29) is 11.5 Å². The van der Waals surface area contributed by atoms with Crippen LogP contribution in [0.25, 0.3) is 0 Å². The maximum atomic E-state index is 10.0. The average Bonchev–Trinajstić information content (AvgIpc) is 1.85. The van der Waals surface area contributed by atoms with Crippen molar-refractivity contribution in [1.29, 1.82) is 0 Å². The highest BCUT2D eigenvalue weighted by molar-refractivity contribution is 5.37. The van der Waals surface area contributed by atoms with Crippen molar-refractivity contribution >= 4 is 6.47 Å². The maximum absolute atomic E-state index is 10.0. The minimum Gasteiger partial charge on any atom is -0.465 e. The Bertz CT molecular complexity index is 139. The van der Waals surface area contributed by atoms with Gasteiger partial charge < -0.3 is 4.74 Å². The van der Waals surface area contributed by atoms with Gasteiger partial charge >= 0.3 is 0 Å². The van der Waals surface area contributed by atoms with Crippen molar-refractivity contribution < 1.29 is 9.53 Å². The van der Waals surface area contributed by atoms with Crippen LogP contribution >= 0.6 is 0 Å². The van der Waals surface area contributed by atoms with Crippen LogP contribution in [0.5, 0.6) is 0 Å². The van der Waals surface area contributed by atoms with Crippen molar-refractivity contribution in [3.8, 4) is 0 Å². The zero-order valence-electron chi connectivity index (χ0n) is 8.76. The van der Waals surface area contributed by atoms with Gasteiger partial charge in [0.15, 0.2) is 0 Å². The smallest absolute Gasteiger partial charge is 0.293 e. The molecule has 0 aliphatic heterocycles. The predicted molar refractivity (Wildman–Crippen MR) is 49.8 cm³/mol. The Balaban J connectivity index is 3.95. The van der Waals surface area contributed by atoms with Crippen molar-refractivity contribution in [3.05, 3.63) is 0 Å². The van der Waals surface area contributed by atoms with Gasteiger partial charge in [-0.1, -0.05) is 27.7 Å². The Hall–Kier alpha value is -0.530. The summed E-state index contributed by atoms with van der Waals surface area (Å²) >= 11 is 0. The lowest BCUT2D eigenvalue weighted by molar-refractivity contribution is -0.134. The zero-order chi connectivity index (χ0) is 9.78. The second-order valence-corrected chi connectivity index (χ2v) is 4.39. The van der Waals surface area contributed by atoms with Crippen LogP contribution < -0.4 is 0 Å². The van der Waals surface area contributed by atoms with Crippen LogP contribution in [0.1, 0.15) is 41.0 Å². The third-order valence-corrected chi connectivity index (χ3v) is 2.66. The minimum atomic E-state index is 0.0277. The molecule has 0 saturated carbocycles. The second-order valence-electron chi connectivity index (χ2n) is 4.39. The summed E-state index contributed by atoms with van der Waals surface area (Å²) < 4.78 is 4.85. The molecule has 0 aliphatic carbocycles. The predicted octanol–water partition coefficient (Wildman–Crippen LogP) is 2.62. The molecular formula is C10H20O2. The van der Waals surface area contributed by atoms with Gasteiger partial charge in [-0.15, -0.1) is 0 Å². The fraction of sp³-hybridized carbons (Fsp3) is 0.900. The highest BCUT2D eigenvalue weighted by Crippen LogP contribution is 2.31. The van der Waals surface area contributed by atoms with Crippen LogP contribution in [0, 0.1) is 11.3 Å². The molecular weight excluding hydrogens is 152 g/mol.